The van der Waals surface area contributed by atoms with Crippen molar-refractivity contribution in [3.8, 4) is 0 Å². The van der Waals surface area contributed by atoms with E-state index in [1.165, 1.54) is 19.2 Å². The van der Waals surface area contributed by atoms with E-state index in [1.54, 1.807) is 36.4 Å². The zero-order valence-electron chi connectivity index (χ0n) is 12.2. The lowest BCUT2D eigenvalue weighted by molar-refractivity contribution is -0.130. The first kappa shape index (κ1) is 16.1. The van der Waals surface area contributed by atoms with Crippen LogP contribution in [0.2, 0.25) is 0 Å². The van der Waals surface area contributed by atoms with Gasteiger partial charge in [-0.2, -0.15) is 0 Å². The Labute approximate surface area is 128 Å². The molecular formula is C17H18FNO3. The molecule has 2 aromatic carbocycles. The predicted molar refractivity (Wildman–Crippen MR) is 80.6 cm³/mol. The van der Waals surface area contributed by atoms with Gasteiger partial charge in [0.2, 0.25) is 0 Å². The van der Waals surface area contributed by atoms with Gasteiger partial charge in [0, 0.05) is 13.7 Å². The van der Waals surface area contributed by atoms with E-state index in [4.69, 9.17) is 4.74 Å². The first-order valence-electron chi connectivity index (χ1n) is 6.91. The molecule has 0 fully saturated rings. The van der Waals surface area contributed by atoms with Crippen molar-refractivity contribution in [3.05, 3.63) is 71.5 Å². The minimum atomic E-state index is -1.23. The van der Waals surface area contributed by atoms with Gasteiger partial charge in [0.1, 0.15) is 5.82 Å². The molecule has 2 aromatic rings. The van der Waals surface area contributed by atoms with Crippen LogP contribution in [0.1, 0.15) is 23.3 Å². The Morgan fingerprint density at radius 2 is 1.77 bits per heavy atom. The number of aliphatic hydroxyl groups excluding tert-OH is 1. The first-order chi connectivity index (χ1) is 10.6. The molecule has 0 heterocycles. The molecule has 0 radical (unpaired) electrons. The van der Waals surface area contributed by atoms with E-state index >= 15 is 0 Å². The number of benzene rings is 2. The highest BCUT2D eigenvalue weighted by atomic mass is 19.1. The maximum absolute atomic E-state index is 12.9. The van der Waals surface area contributed by atoms with Crippen molar-refractivity contribution >= 4 is 5.91 Å². The molecular weight excluding hydrogens is 285 g/mol. The summed E-state index contributed by atoms with van der Waals surface area (Å²) in [6.45, 7) is 0.185. The van der Waals surface area contributed by atoms with Gasteiger partial charge in [-0.3, -0.25) is 4.79 Å². The Bertz CT molecular complexity index is 601. The largest absolute Gasteiger partial charge is 0.378 e. The predicted octanol–water partition coefficient (Wildman–Crippen LogP) is 2.36. The van der Waals surface area contributed by atoms with Crippen LogP contribution in [0, 0.1) is 5.82 Å². The van der Waals surface area contributed by atoms with Crippen LogP contribution in [-0.2, 0) is 9.53 Å². The second-order valence-corrected chi connectivity index (χ2v) is 4.83. The molecule has 2 atom stereocenters. The molecule has 0 saturated heterocycles. The van der Waals surface area contributed by atoms with Crippen molar-refractivity contribution < 1.29 is 19.0 Å². The zero-order chi connectivity index (χ0) is 15.9. The molecule has 1 amide bonds. The summed E-state index contributed by atoms with van der Waals surface area (Å²) in [6, 6.07) is 14.5. The van der Waals surface area contributed by atoms with Crippen LogP contribution in [0.4, 0.5) is 4.39 Å². The summed E-state index contributed by atoms with van der Waals surface area (Å²) in [7, 11) is 1.51. The fourth-order valence-electron chi connectivity index (χ4n) is 2.09. The van der Waals surface area contributed by atoms with E-state index in [0.717, 1.165) is 5.56 Å². The summed E-state index contributed by atoms with van der Waals surface area (Å²) in [6.07, 6.45) is -1.64. The number of methoxy groups -OCH3 is 1. The van der Waals surface area contributed by atoms with Gasteiger partial charge in [0.15, 0.2) is 6.10 Å². The summed E-state index contributed by atoms with van der Waals surface area (Å²) < 4.78 is 18.2. The van der Waals surface area contributed by atoms with Crippen molar-refractivity contribution in [2.45, 2.75) is 12.2 Å². The summed E-state index contributed by atoms with van der Waals surface area (Å²) >= 11 is 0. The lowest BCUT2D eigenvalue weighted by atomic mass is 10.1. The number of carbonyl (C=O) groups excluding carboxylic acids is 1. The average Bonchev–Trinajstić information content (AvgIpc) is 2.56. The number of ether oxygens (including phenoxy) is 1. The number of nitrogens with one attached hydrogen (secondary N) is 1. The Hall–Kier alpha value is -2.24. The normalized spacial score (nSPS) is 13.4. The fraction of sp³-hybridized carbons (Fsp3) is 0.235. The number of hydrogen-bond donors (Lipinski definition) is 2. The van der Waals surface area contributed by atoms with Crippen LogP contribution >= 0.6 is 0 Å². The van der Waals surface area contributed by atoms with E-state index < -0.39 is 18.1 Å². The molecule has 2 unspecified atom stereocenters. The van der Waals surface area contributed by atoms with Crippen LogP contribution in [0.5, 0.6) is 0 Å². The lowest BCUT2D eigenvalue weighted by Crippen LogP contribution is -2.33. The highest BCUT2D eigenvalue weighted by Crippen LogP contribution is 2.17. The third-order valence-electron chi connectivity index (χ3n) is 3.35. The molecule has 22 heavy (non-hydrogen) atoms. The second-order valence-electron chi connectivity index (χ2n) is 4.83. The van der Waals surface area contributed by atoms with Crippen molar-refractivity contribution in [3.63, 3.8) is 0 Å². The Kier molecular flexibility index (Phi) is 5.63. The summed E-state index contributed by atoms with van der Waals surface area (Å²) in [5, 5.41) is 12.6. The highest BCUT2D eigenvalue weighted by Gasteiger charge is 2.19. The minimum absolute atomic E-state index is 0.185. The van der Waals surface area contributed by atoms with E-state index in [2.05, 4.69) is 5.32 Å². The zero-order valence-corrected chi connectivity index (χ0v) is 12.2. The smallest absolute Gasteiger partial charge is 0.253 e. The number of hydrogen-bond acceptors (Lipinski definition) is 3. The van der Waals surface area contributed by atoms with Gasteiger partial charge in [-0.1, -0.05) is 42.5 Å². The molecule has 2 N–H and O–H groups in total. The van der Waals surface area contributed by atoms with E-state index in [9.17, 15) is 14.3 Å². The van der Waals surface area contributed by atoms with Crippen LogP contribution in [0.15, 0.2) is 54.6 Å². The second kappa shape index (κ2) is 7.68. The van der Waals surface area contributed by atoms with Gasteiger partial charge >= 0.3 is 0 Å². The quantitative estimate of drug-likeness (QED) is 0.861. The van der Waals surface area contributed by atoms with Crippen molar-refractivity contribution in [2.24, 2.45) is 0 Å². The molecule has 5 heteroatoms. The fourth-order valence-corrected chi connectivity index (χ4v) is 2.09. The Balaban J connectivity index is 1.95. The molecule has 0 aliphatic heterocycles. The molecule has 0 aliphatic carbocycles. The summed E-state index contributed by atoms with van der Waals surface area (Å²) in [4.78, 5) is 12.0. The molecule has 2 rings (SSSR count). The molecule has 4 nitrogen and oxygen atoms in total. The van der Waals surface area contributed by atoms with Crippen molar-refractivity contribution in [2.75, 3.05) is 13.7 Å². The number of carbonyl (C=O) groups is 1. The van der Waals surface area contributed by atoms with Gasteiger partial charge in [0.25, 0.3) is 5.91 Å². The number of amides is 1. The van der Waals surface area contributed by atoms with E-state index in [1.807, 2.05) is 6.07 Å². The van der Waals surface area contributed by atoms with E-state index in [-0.39, 0.29) is 12.4 Å². The maximum Gasteiger partial charge on any atom is 0.253 e. The third-order valence-corrected chi connectivity index (χ3v) is 3.35. The average molecular weight is 303 g/mol. The molecule has 0 bridgehead atoms. The van der Waals surface area contributed by atoms with Gasteiger partial charge in [-0.05, 0) is 23.3 Å². The monoisotopic (exact) mass is 303 g/mol. The standard InChI is InChI=1S/C17H18FNO3/c1-22-15(12-7-9-14(18)10-8-12)11-19-17(21)16(20)13-5-3-2-4-6-13/h2-10,15-16,20H,11H2,1H3,(H,19,21). The van der Waals surface area contributed by atoms with Crippen LogP contribution in [0.25, 0.3) is 0 Å². The molecule has 0 aliphatic rings. The SMILES string of the molecule is COC(CNC(=O)C(O)c1ccccc1)c1ccc(F)cc1. The van der Waals surface area contributed by atoms with Gasteiger partial charge in [-0.25, -0.2) is 4.39 Å². The van der Waals surface area contributed by atoms with Gasteiger partial charge in [-0.15, -0.1) is 0 Å². The number of halogens is 1. The number of aliphatic hydroxyl groups is 1. The van der Waals surface area contributed by atoms with Crippen LogP contribution in [-0.4, -0.2) is 24.7 Å². The maximum atomic E-state index is 12.9. The molecule has 0 saturated carbocycles. The first-order valence-corrected chi connectivity index (χ1v) is 6.91. The minimum Gasteiger partial charge on any atom is -0.378 e. The third kappa shape index (κ3) is 4.13. The molecule has 0 aromatic heterocycles. The van der Waals surface area contributed by atoms with Gasteiger partial charge in [0.05, 0.1) is 6.10 Å². The number of rotatable bonds is 6. The van der Waals surface area contributed by atoms with Crippen molar-refractivity contribution in [1.82, 2.24) is 5.32 Å². The van der Waals surface area contributed by atoms with Crippen molar-refractivity contribution in [1.29, 1.82) is 0 Å². The topological polar surface area (TPSA) is 58.6 Å². The Morgan fingerprint density at radius 3 is 2.36 bits per heavy atom. The summed E-state index contributed by atoms with van der Waals surface area (Å²) in [5.74, 6) is -0.836. The van der Waals surface area contributed by atoms with E-state index in [0.29, 0.717) is 5.56 Å². The summed E-state index contributed by atoms with van der Waals surface area (Å²) in [5.41, 5.74) is 1.27. The lowest BCUT2D eigenvalue weighted by Gasteiger charge is -2.18. The Morgan fingerprint density at radius 1 is 1.14 bits per heavy atom. The molecule has 0 spiro atoms. The molecule has 116 valence electrons. The highest BCUT2D eigenvalue weighted by molar-refractivity contribution is 5.81. The van der Waals surface area contributed by atoms with Crippen LogP contribution in [0.3, 0.4) is 0 Å². The van der Waals surface area contributed by atoms with Gasteiger partial charge < -0.3 is 15.2 Å². The van der Waals surface area contributed by atoms with Crippen LogP contribution < -0.4 is 5.32 Å².